The van der Waals surface area contributed by atoms with Crippen molar-refractivity contribution in [3.8, 4) is 5.75 Å². The van der Waals surface area contributed by atoms with Crippen LogP contribution in [-0.2, 0) is 14.3 Å². The minimum absolute atomic E-state index is 0.173. The van der Waals surface area contributed by atoms with Crippen molar-refractivity contribution in [1.82, 2.24) is 9.80 Å². The number of rotatable bonds is 10. The van der Waals surface area contributed by atoms with Crippen LogP contribution in [0.15, 0.2) is 24.3 Å². The van der Waals surface area contributed by atoms with Crippen molar-refractivity contribution < 1.29 is 19.0 Å². The van der Waals surface area contributed by atoms with Crippen LogP contribution in [0.4, 0.5) is 5.69 Å². The summed E-state index contributed by atoms with van der Waals surface area (Å²) in [5.41, 5.74) is 1.17. The highest BCUT2D eigenvalue weighted by Gasteiger charge is 2.22. The van der Waals surface area contributed by atoms with Crippen molar-refractivity contribution in [2.45, 2.75) is 0 Å². The van der Waals surface area contributed by atoms with Crippen molar-refractivity contribution >= 4 is 11.6 Å². The first-order chi connectivity index (χ1) is 12.7. The number of benzene rings is 1. The standard InChI is InChI=1S/C19H31N3O4/c1-24-14-12-20(13-15-25-2)16-19(23)22-10-8-21(9-11-22)17-4-6-18(26-3)7-5-17/h4-7H,8-16H2,1-3H3. The Morgan fingerprint density at radius 3 is 2.04 bits per heavy atom. The van der Waals surface area contributed by atoms with Gasteiger partial charge in [-0.25, -0.2) is 0 Å². The largest absolute Gasteiger partial charge is 0.497 e. The summed E-state index contributed by atoms with van der Waals surface area (Å²) in [6.45, 7) is 6.28. The van der Waals surface area contributed by atoms with Crippen LogP contribution in [-0.4, -0.2) is 96.1 Å². The van der Waals surface area contributed by atoms with E-state index in [1.54, 1.807) is 21.3 Å². The Bertz CT molecular complexity index is 522. The third-order valence-electron chi connectivity index (χ3n) is 4.65. The summed E-state index contributed by atoms with van der Waals surface area (Å²) in [5.74, 6) is 1.03. The molecule has 0 unspecified atom stereocenters. The number of carbonyl (C=O) groups excluding carboxylic acids is 1. The molecule has 1 aliphatic heterocycles. The van der Waals surface area contributed by atoms with E-state index in [1.807, 2.05) is 17.0 Å². The van der Waals surface area contributed by atoms with Gasteiger partial charge in [-0.3, -0.25) is 9.69 Å². The van der Waals surface area contributed by atoms with Gasteiger partial charge in [0.2, 0.25) is 5.91 Å². The van der Waals surface area contributed by atoms with Gasteiger partial charge in [-0.2, -0.15) is 0 Å². The van der Waals surface area contributed by atoms with Crippen LogP contribution >= 0.6 is 0 Å². The highest BCUT2D eigenvalue weighted by atomic mass is 16.5. The summed E-state index contributed by atoms with van der Waals surface area (Å²) >= 11 is 0. The Hall–Kier alpha value is -1.83. The molecule has 0 saturated carbocycles. The third kappa shape index (κ3) is 6.16. The fraction of sp³-hybridized carbons (Fsp3) is 0.632. The monoisotopic (exact) mass is 365 g/mol. The van der Waals surface area contributed by atoms with Gasteiger partial charge in [0.15, 0.2) is 0 Å². The molecule has 1 fully saturated rings. The SMILES string of the molecule is COCCN(CCOC)CC(=O)N1CCN(c2ccc(OC)cc2)CC1. The lowest BCUT2D eigenvalue weighted by Crippen LogP contribution is -2.51. The zero-order chi connectivity index (χ0) is 18.8. The molecule has 0 atom stereocenters. The van der Waals surface area contributed by atoms with E-state index in [9.17, 15) is 4.79 Å². The fourth-order valence-corrected chi connectivity index (χ4v) is 3.01. The maximum Gasteiger partial charge on any atom is 0.236 e. The summed E-state index contributed by atoms with van der Waals surface area (Å²) in [5, 5.41) is 0. The van der Waals surface area contributed by atoms with Crippen LogP contribution in [0.1, 0.15) is 0 Å². The Balaban J connectivity index is 1.82. The summed E-state index contributed by atoms with van der Waals surface area (Å²) < 4.78 is 15.5. The molecule has 1 aromatic carbocycles. The molecule has 1 heterocycles. The first-order valence-corrected chi connectivity index (χ1v) is 9.05. The topological polar surface area (TPSA) is 54.5 Å². The van der Waals surface area contributed by atoms with E-state index in [0.717, 1.165) is 45.0 Å². The maximum atomic E-state index is 12.6. The van der Waals surface area contributed by atoms with Gasteiger partial charge in [0.1, 0.15) is 5.75 Å². The Kier molecular flexibility index (Phi) is 8.67. The van der Waals surface area contributed by atoms with Crippen LogP contribution in [0.25, 0.3) is 0 Å². The van der Waals surface area contributed by atoms with Gasteiger partial charge in [0, 0.05) is 59.2 Å². The van der Waals surface area contributed by atoms with Crippen LogP contribution in [0, 0.1) is 0 Å². The third-order valence-corrected chi connectivity index (χ3v) is 4.65. The number of carbonyl (C=O) groups is 1. The summed E-state index contributed by atoms with van der Waals surface area (Å²) in [7, 11) is 5.02. The van der Waals surface area contributed by atoms with Crippen LogP contribution in [0.2, 0.25) is 0 Å². The highest BCUT2D eigenvalue weighted by molar-refractivity contribution is 5.78. The molecule has 0 spiro atoms. The average Bonchev–Trinajstić information content (AvgIpc) is 2.70. The van der Waals surface area contributed by atoms with Crippen molar-refractivity contribution in [3.05, 3.63) is 24.3 Å². The first-order valence-electron chi connectivity index (χ1n) is 9.05. The van der Waals surface area contributed by atoms with Gasteiger partial charge in [0.25, 0.3) is 0 Å². The molecule has 0 aromatic heterocycles. The molecule has 1 aliphatic rings. The second-order valence-electron chi connectivity index (χ2n) is 6.33. The summed E-state index contributed by atoms with van der Waals surface area (Å²) in [4.78, 5) is 19.0. The molecule has 146 valence electrons. The molecule has 0 N–H and O–H groups in total. The Morgan fingerprint density at radius 1 is 0.962 bits per heavy atom. The number of piperazine rings is 1. The lowest BCUT2D eigenvalue weighted by atomic mass is 10.2. The van der Waals surface area contributed by atoms with E-state index < -0.39 is 0 Å². The van der Waals surface area contributed by atoms with Gasteiger partial charge in [-0.05, 0) is 24.3 Å². The quantitative estimate of drug-likeness (QED) is 0.615. The smallest absolute Gasteiger partial charge is 0.236 e. The molecule has 0 radical (unpaired) electrons. The summed E-state index contributed by atoms with van der Waals surface area (Å²) in [6.07, 6.45) is 0. The normalized spacial score (nSPS) is 14.8. The molecule has 7 heteroatoms. The van der Waals surface area contributed by atoms with Crippen LogP contribution < -0.4 is 9.64 Å². The Labute approximate surface area is 156 Å². The van der Waals surface area contributed by atoms with E-state index in [2.05, 4.69) is 21.9 Å². The maximum absolute atomic E-state index is 12.6. The number of hydrogen-bond donors (Lipinski definition) is 0. The second-order valence-corrected chi connectivity index (χ2v) is 6.33. The zero-order valence-electron chi connectivity index (χ0n) is 16.1. The number of methoxy groups -OCH3 is 3. The molecule has 0 bridgehead atoms. The number of ether oxygens (including phenoxy) is 3. The predicted molar refractivity (Wildman–Crippen MR) is 102 cm³/mol. The molecule has 2 rings (SSSR count). The van der Waals surface area contributed by atoms with Crippen molar-refractivity contribution in [2.24, 2.45) is 0 Å². The number of nitrogens with zero attached hydrogens (tertiary/aromatic N) is 3. The first kappa shape index (κ1) is 20.5. The molecular formula is C19H31N3O4. The van der Waals surface area contributed by atoms with Crippen LogP contribution in [0.3, 0.4) is 0 Å². The van der Waals surface area contributed by atoms with E-state index >= 15 is 0 Å². The predicted octanol–water partition coefficient (Wildman–Crippen LogP) is 0.939. The van der Waals surface area contributed by atoms with E-state index in [4.69, 9.17) is 14.2 Å². The number of amides is 1. The molecule has 26 heavy (non-hydrogen) atoms. The van der Waals surface area contributed by atoms with Gasteiger partial charge in [-0.1, -0.05) is 0 Å². The van der Waals surface area contributed by atoms with Crippen molar-refractivity contribution in [1.29, 1.82) is 0 Å². The second kappa shape index (κ2) is 11.0. The molecule has 7 nitrogen and oxygen atoms in total. The summed E-state index contributed by atoms with van der Waals surface area (Å²) in [6, 6.07) is 8.06. The van der Waals surface area contributed by atoms with Crippen molar-refractivity contribution in [2.75, 3.05) is 85.3 Å². The molecule has 1 saturated heterocycles. The number of hydrogen-bond acceptors (Lipinski definition) is 6. The minimum Gasteiger partial charge on any atom is -0.497 e. The van der Waals surface area contributed by atoms with E-state index in [0.29, 0.717) is 19.8 Å². The molecule has 0 aliphatic carbocycles. The number of anilines is 1. The van der Waals surface area contributed by atoms with Gasteiger partial charge < -0.3 is 24.0 Å². The lowest BCUT2D eigenvalue weighted by Gasteiger charge is -2.37. The van der Waals surface area contributed by atoms with E-state index in [1.165, 1.54) is 5.69 Å². The lowest BCUT2D eigenvalue weighted by molar-refractivity contribution is -0.133. The highest BCUT2D eigenvalue weighted by Crippen LogP contribution is 2.20. The molecule has 1 amide bonds. The Morgan fingerprint density at radius 2 is 1.54 bits per heavy atom. The minimum atomic E-state index is 0.173. The molecular weight excluding hydrogens is 334 g/mol. The zero-order valence-corrected chi connectivity index (χ0v) is 16.1. The average molecular weight is 365 g/mol. The molecule has 1 aromatic rings. The van der Waals surface area contributed by atoms with E-state index in [-0.39, 0.29) is 5.91 Å². The van der Waals surface area contributed by atoms with Crippen LogP contribution in [0.5, 0.6) is 5.75 Å². The van der Waals surface area contributed by atoms with Crippen molar-refractivity contribution in [3.63, 3.8) is 0 Å². The fourth-order valence-electron chi connectivity index (χ4n) is 3.01. The van der Waals surface area contributed by atoms with Gasteiger partial charge in [0.05, 0.1) is 26.9 Å². The van der Waals surface area contributed by atoms with Gasteiger partial charge >= 0.3 is 0 Å². The van der Waals surface area contributed by atoms with Gasteiger partial charge in [-0.15, -0.1) is 0 Å².